The minimum atomic E-state index is -0.372. The van der Waals surface area contributed by atoms with Gasteiger partial charge in [0.15, 0.2) is 6.61 Å². The molecule has 0 bridgehead atoms. The summed E-state index contributed by atoms with van der Waals surface area (Å²) in [5.41, 5.74) is 7.26. The van der Waals surface area contributed by atoms with Gasteiger partial charge in [-0.1, -0.05) is 30.1 Å². The lowest BCUT2D eigenvalue weighted by molar-refractivity contribution is -0.123. The minimum absolute atomic E-state index is 0.120. The standard InChI is InChI=1S/C23H27Cl2N3O2/c1-14-8-20-18(15(2)11-23(3,4)28(20)5)9-16(14)12-26-27-22(29)13-30-21-7-6-17(24)10-19(21)25/h6-10,12,15H,11,13H2,1-5H3,(H,27,29)/b26-12+. The molecule has 2 aromatic rings. The summed E-state index contributed by atoms with van der Waals surface area (Å²) in [7, 11) is 2.14. The Hall–Kier alpha value is -2.24. The molecule has 1 atom stereocenters. The van der Waals surface area contributed by atoms with E-state index in [1.165, 1.54) is 11.3 Å². The third-order valence-electron chi connectivity index (χ3n) is 5.67. The van der Waals surface area contributed by atoms with Crippen molar-refractivity contribution in [3.63, 3.8) is 0 Å². The molecule has 0 aromatic heterocycles. The number of benzene rings is 2. The number of aryl methyl sites for hydroxylation is 1. The van der Waals surface area contributed by atoms with E-state index in [0.29, 0.717) is 21.7 Å². The van der Waals surface area contributed by atoms with E-state index >= 15 is 0 Å². The number of fused-ring (bicyclic) bond motifs is 1. The number of hydrogen-bond donors (Lipinski definition) is 1. The summed E-state index contributed by atoms with van der Waals surface area (Å²) in [5, 5.41) is 4.96. The van der Waals surface area contributed by atoms with Gasteiger partial charge in [-0.25, -0.2) is 5.43 Å². The van der Waals surface area contributed by atoms with Gasteiger partial charge in [0.2, 0.25) is 0 Å². The van der Waals surface area contributed by atoms with Gasteiger partial charge in [0, 0.05) is 23.3 Å². The summed E-state index contributed by atoms with van der Waals surface area (Å²) in [6.07, 6.45) is 2.76. The number of nitrogens with one attached hydrogen (secondary N) is 1. The summed E-state index contributed by atoms with van der Waals surface area (Å²) in [5.74, 6) is 0.473. The van der Waals surface area contributed by atoms with Crippen molar-refractivity contribution < 1.29 is 9.53 Å². The van der Waals surface area contributed by atoms with Gasteiger partial charge in [0.25, 0.3) is 5.91 Å². The van der Waals surface area contributed by atoms with Crippen LogP contribution in [0.4, 0.5) is 5.69 Å². The molecule has 30 heavy (non-hydrogen) atoms. The number of nitrogens with zero attached hydrogens (tertiary/aromatic N) is 2. The van der Waals surface area contributed by atoms with Crippen molar-refractivity contribution in [2.24, 2.45) is 5.10 Å². The van der Waals surface area contributed by atoms with Gasteiger partial charge in [0.1, 0.15) is 5.75 Å². The van der Waals surface area contributed by atoms with Gasteiger partial charge >= 0.3 is 0 Å². The predicted octanol–water partition coefficient (Wildman–Crippen LogP) is 5.55. The molecule has 0 fully saturated rings. The zero-order chi connectivity index (χ0) is 22.1. The van der Waals surface area contributed by atoms with E-state index in [9.17, 15) is 4.79 Å². The number of halogens is 2. The highest BCUT2D eigenvalue weighted by Crippen LogP contribution is 2.43. The van der Waals surface area contributed by atoms with Crippen molar-refractivity contribution in [3.8, 4) is 5.75 Å². The summed E-state index contributed by atoms with van der Waals surface area (Å²) >= 11 is 11.9. The molecule has 0 saturated carbocycles. The van der Waals surface area contributed by atoms with Crippen LogP contribution >= 0.6 is 23.2 Å². The molecule has 3 rings (SSSR count). The van der Waals surface area contributed by atoms with Gasteiger partial charge in [-0.2, -0.15) is 5.10 Å². The van der Waals surface area contributed by atoms with E-state index in [1.807, 2.05) is 0 Å². The number of carbonyl (C=O) groups is 1. The number of anilines is 1. The predicted molar refractivity (Wildman–Crippen MR) is 124 cm³/mol. The highest BCUT2D eigenvalue weighted by Gasteiger charge is 2.34. The maximum Gasteiger partial charge on any atom is 0.277 e. The van der Waals surface area contributed by atoms with Crippen molar-refractivity contribution in [3.05, 3.63) is 57.1 Å². The lowest BCUT2D eigenvalue weighted by atomic mass is 9.79. The normalized spacial score (nSPS) is 17.7. The minimum Gasteiger partial charge on any atom is -0.482 e. The largest absolute Gasteiger partial charge is 0.482 e. The first-order chi connectivity index (χ1) is 14.1. The second-order valence-electron chi connectivity index (χ2n) is 8.40. The van der Waals surface area contributed by atoms with Crippen LogP contribution in [0.2, 0.25) is 10.0 Å². The van der Waals surface area contributed by atoms with Crippen LogP contribution in [0.3, 0.4) is 0 Å². The first kappa shape index (κ1) is 22.4. The number of hydrazone groups is 1. The Morgan fingerprint density at radius 1 is 1.33 bits per heavy atom. The second kappa shape index (κ2) is 8.86. The van der Waals surface area contributed by atoms with E-state index in [-0.39, 0.29) is 18.1 Å². The Labute approximate surface area is 188 Å². The Balaban J connectivity index is 1.65. The van der Waals surface area contributed by atoms with Gasteiger partial charge in [-0.3, -0.25) is 4.79 Å². The van der Waals surface area contributed by atoms with Crippen LogP contribution < -0.4 is 15.1 Å². The lowest BCUT2D eigenvalue weighted by Crippen LogP contribution is -2.45. The van der Waals surface area contributed by atoms with E-state index in [4.69, 9.17) is 27.9 Å². The molecule has 0 aliphatic carbocycles. The average molecular weight is 448 g/mol. The van der Waals surface area contributed by atoms with Gasteiger partial charge < -0.3 is 9.64 Å². The first-order valence-electron chi connectivity index (χ1n) is 9.86. The molecule has 1 unspecified atom stereocenters. The molecule has 160 valence electrons. The maximum atomic E-state index is 12.0. The quantitative estimate of drug-likeness (QED) is 0.482. The van der Waals surface area contributed by atoms with E-state index in [0.717, 1.165) is 17.5 Å². The number of rotatable bonds is 5. The molecule has 0 spiro atoms. The van der Waals surface area contributed by atoms with Crippen LogP contribution in [-0.2, 0) is 4.79 Å². The summed E-state index contributed by atoms with van der Waals surface area (Å²) < 4.78 is 5.42. The van der Waals surface area contributed by atoms with E-state index in [2.05, 4.69) is 62.3 Å². The Morgan fingerprint density at radius 3 is 2.77 bits per heavy atom. The molecule has 5 nitrogen and oxygen atoms in total. The third kappa shape index (κ3) is 4.90. The Kier molecular flexibility index (Phi) is 6.63. The molecule has 1 aliphatic heterocycles. The van der Waals surface area contributed by atoms with Gasteiger partial charge in [-0.05, 0) is 80.1 Å². The van der Waals surface area contributed by atoms with Crippen LogP contribution in [0.1, 0.15) is 49.8 Å². The average Bonchev–Trinajstić information content (AvgIpc) is 2.66. The lowest BCUT2D eigenvalue weighted by Gasteiger charge is -2.45. The number of amides is 1. The zero-order valence-corrected chi connectivity index (χ0v) is 19.4. The number of ether oxygens (including phenoxy) is 1. The SMILES string of the molecule is Cc1cc2c(cc1/C=N/NC(=O)COc1ccc(Cl)cc1Cl)C(C)CC(C)(C)N2C. The van der Waals surface area contributed by atoms with E-state index < -0.39 is 0 Å². The molecule has 1 aliphatic rings. The Morgan fingerprint density at radius 2 is 2.07 bits per heavy atom. The topological polar surface area (TPSA) is 53.9 Å². The zero-order valence-electron chi connectivity index (χ0n) is 17.9. The fourth-order valence-electron chi connectivity index (χ4n) is 3.82. The molecule has 0 saturated heterocycles. The molecule has 1 heterocycles. The van der Waals surface area contributed by atoms with Crippen LogP contribution in [0, 0.1) is 6.92 Å². The molecule has 2 aromatic carbocycles. The number of hydrogen-bond acceptors (Lipinski definition) is 4. The second-order valence-corrected chi connectivity index (χ2v) is 9.24. The molecular formula is C23H27Cl2N3O2. The Bertz CT molecular complexity index is 989. The third-order valence-corrected chi connectivity index (χ3v) is 6.20. The van der Waals surface area contributed by atoms with E-state index in [1.54, 1.807) is 24.4 Å². The van der Waals surface area contributed by atoms with Crippen LogP contribution in [0.5, 0.6) is 5.75 Å². The van der Waals surface area contributed by atoms with Crippen molar-refractivity contribution in [2.45, 2.75) is 45.6 Å². The molecule has 1 amide bonds. The highest BCUT2D eigenvalue weighted by atomic mass is 35.5. The number of carbonyl (C=O) groups excluding carboxylic acids is 1. The van der Waals surface area contributed by atoms with Gasteiger partial charge in [-0.15, -0.1) is 0 Å². The molecule has 1 N–H and O–H groups in total. The summed E-state index contributed by atoms with van der Waals surface area (Å²) in [6.45, 7) is 8.65. The van der Waals surface area contributed by atoms with Crippen molar-refractivity contribution in [1.29, 1.82) is 0 Å². The monoisotopic (exact) mass is 447 g/mol. The van der Waals surface area contributed by atoms with Crippen molar-refractivity contribution in [1.82, 2.24) is 5.43 Å². The smallest absolute Gasteiger partial charge is 0.277 e. The molecule has 0 radical (unpaired) electrons. The van der Waals surface area contributed by atoms with Crippen molar-refractivity contribution >= 4 is 41.0 Å². The van der Waals surface area contributed by atoms with Crippen LogP contribution in [-0.4, -0.2) is 31.3 Å². The maximum absolute atomic E-state index is 12.0. The summed E-state index contributed by atoms with van der Waals surface area (Å²) in [4.78, 5) is 14.4. The van der Waals surface area contributed by atoms with Crippen LogP contribution in [0.25, 0.3) is 0 Å². The molecular weight excluding hydrogens is 421 g/mol. The van der Waals surface area contributed by atoms with Gasteiger partial charge in [0.05, 0.1) is 11.2 Å². The van der Waals surface area contributed by atoms with Crippen LogP contribution in [0.15, 0.2) is 35.4 Å². The molecule has 7 heteroatoms. The fraction of sp³-hybridized carbons (Fsp3) is 0.391. The highest BCUT2D eigenvalue weighted by molar-refractivity contribution is 6.35. The fourth-order valence-corrected chi connectivity index (χ4v) is 4.28. The van der Waals surface area contributed by atoms with Crippen molar-refractivity contribution in [2.75, 3.05) is 18.6 Å². The first-order valence-corrected chi connectivity index (χ1v) is 10.6. The summed E-state index contributed by atoms with van der Waals surface area (Å²) in [6, 6.07) is 9.20.